The molecule has 10 nitrogen and oxygen atoms in total. The molecule has 1 aliphatic heterocycles. The van der Waals surface area contributed by atoms with E-state index in [2.05, 4.69) is 22.2 Å². The van der Waals surface area contributed by atoms with Crippen LogP contribution in [0.4, 0.5) is 0 Å². The van der Waals surface area contributed by atoms with E-state index in [0.29, 0.717) is 19.4 Å². The second-order valence-electron chi connectivity index (χ2n) is 12.1. The lowest BCUT2D eigenvalue weighted by Gasteiger charge is -2.38. The molecule has 10 heteroatoms. The van der Waals surface area contributed by atoms with Crippen LogP contribution in [0, 0.1) is 0 Å². The van der Waals surface area contributed by atoms with Crippen LogP contribution >= 0.6 is 0 Å². The van der Waals surface area contributed by atoms with Crippen molar-refractivity contribution in [2.45, 2.75) is 63.8 Å². The van der Waals surface area contributed by atoms with Crippen molar-refractivity contribution in [1.29, 1.82) is 0 Å². The fraction of sp³-hybridized carbons (Fsp3) is 0.342. The molecule has 3 atom stereocenters. The summed E-state index contributed by atoms with van der Waals surface area (Å²) in [5.41, 5.74) is 8.43. The van der Waals surface area contributed by atoms with Gasteiger partial charge in [0.2, 0.25) is 11.8 Å². The van der Waals surface area contributed by atoms with E-state index >= 15 is 0 Å². The lowest BCUT2D eigenvalue weighted by atomic mass is 9.97. The molecule has 1 aliphatic rings. The molecular weight excluding hydrogens is 608 g/mol. The lowest BCUT2D eigenvalue weighted by Crippen LogP contribution is -2.38. The lowest BCUT2D eigenvalue weighted by molar-refractivity contribution is -0.252. The van der Waals surface area contributed by atoms with E-state index in [-0.39, 0.29) is 37.6 Å². The number of aliphatic hydroxyl groups excluding tert-OH is 1. The Kier molecular flexibility index (Phi) is 12.8. The molecule has 2 amide bonds. The molecule has 1 fully saturated rings. The number of amides is 2. The molecule has 0 aliphatic carbocycles. The van der Waals surface area contributed by atoms with Gasteiger partial charge < -0.3 is 24.8 Å². The predicted molar refractivity (Wildman–Crippen MR) is 181 cm³/mol. The predicted octanol–water partition coefficient (Wildman–Crippen LogP) is 5.25. The number of aliphatic hydroxyl groups is 1. The van der Waals surface area contributed by atoms with Gasteiger partial charge in [-0.2, -0.15) is 0 Å². The zero-order chi connectivity index (χ0) is 33.7. The maximum absolute atomic E-state index is 12.4. The monoisotopic (exact) mass is 652 g/mol. The molecule has 252 valence electrons. The van der Waals surface area contributed by atoms with Gasteiger partial charge in [-0.05, 0) is 53.4 Å². The molecule has 0 unspecified atom stereocenters. The fourth-order valence-electron chi connectivity index (χ4n) is 5.85. The quantitative estimate of drug-likeness (QED) is 0.101. The number of carbonyl (C=O) groups is 2. The second-order valence-corrected chi connectivity index (χ2v) is 12.1. The minimum atomic E-state index is -0.563. The molecule has 2 heterocycles. The Morgan fingerprint density at radius 2 is 1.62 bits per heavy atom. The number of benzene rings is 3. The molecule has 4 N–H and O–H groups in total. The third-order valence-corrected chi connectivity index (χ3v) is 8.53. The van der Waals surface area contributed by atoms with E-state index in [0.717, 1.165) is 58.6 Å². The Balaban J connectivity index is 1.26. The zero-order valence-corrected chi connectivity index (χ0v) is 27.3. The number of rotatable bonds is 15. The van der Waals surface area contributed by atoms with E-state index in [4.69, 9.17) is 14.7 Å². The first-order valence-corrected chi connectivity index (χ1v) is 16.4. The van der Waals surface area contributed by atoms with Crippen LogP contribution in [0.15, 0.2) is 97.2 Å². The standard InChI is InChI=1S/C38H44N4O6/c1-42(22-20-32-8-4-5-21-39-32)25-33-23-35(29-14-12-27(26-43)13-15-29)48-38(47-33)30-18-16-28(17-19-30)34-9-3-2-7-31(34)24-40-36(44)10-6-11-37(45)41-46/h2-5,7-9,12-19,21,33,35,38,43,46H,6,10-11,20,22-26H2,1H3,(H,40,44)(H,41,45)/t33-,35+,38+/m1/s1. The molecule has 0 radical (unpaired) electrons. The smallest absolute Gasteiger partial charge is 0.243 e. The average molecular weight is 653 g/mol. The summed E-state index contributed by atoms with van der Waals surface area (Å²) in [6.07, 6.45) is 3.20. The number of hydrogen-bond donors (Lipinski definition) is 4. The Labute approximate surface area is 281 Å². The van der Waals surface area contributed by atoms with Gasteiger partial charge in [-0.3, -0.25) is 19.8 Å². The maximum Gasteiger partial charge on any atom is 0.243 e. The Morgan fingerprint density at radius 1 is 0.896 bits per heavy atom. The molecule has 1 saturated heterocycles. The van der Waals surface area contributed by atoms with Gasteiger partial charge in [0.1, 0.15) is 0 Å². The molecule has 1 aromatic heterocycles. The summed E-state index contributed by atoms with van der Waals surface area (Å²) in [6.45, 7) is 1.94. The van der Waals surface area contributed by atoms with Crippen molar-refractivity contribution in [3.05, 3.63) is 125 Å². The van der Waals surface area contributed by atoms with Crippen LogP contribution in [0.5, 0.6) is 0 Å². The zero-order valence-electron chi connectivity index (χ0n) is 27.3. The van der Waals surface area contributed by atoms with E-state index < -0.39 is 12.2 Å². The topological polar surface area (TPSA) is 133 Å². The molecule has 48 heavy (non-hydrogen) atoms. The largest absolute Gasteiger partial charge is 0.392 e. The van der Waals surface area contributed by atoms with Crippen LogP contribution in [-0.4, -0.2) is 58.3 Å². The van der Waals surface area contributed by atoms with Crippen LogP contribution < -0.4 is 10.8 Å². The van der Waals surface area contributed by atoms with Gasteiger partial charge in [0.25, 0.3) is 0 Å². The number of nitrogens with zero attached hydrogens (tertiary/aromatic N) is 2. The van der Waals surface area contributed by atoms with Gasteiger partial charge in [0.05, 0.1) is 18.8 Å². The van der Waals surface area contributed by atoms with Crippen LogP contribution in [0.2, 0.25) is 0 Å². The maximum atomic E-state index is 12.4. The van der Waals surface area contributed by atoms with Crippen molar-refractivity contribution in [2.75, 3.05) is 20.1 Å². The van der Waals surface area contributed by atoms with Gasteiger partial charge in [0, 0.05) is 62.8 Å². The second kappa shape index (κ2) is 17.6. The Morgan fingerprint density at radius 3 is 2.35 bits per heavy atom. The molecule has 0 spiro atoms. The van der Waals surface area contributed by atoms with E-state index in [9.17, 15) is 14.7 Å². The first kappa shape index (κ1) is 34.9. The highest BCUT2D eigenvalue weighted by Gasteiger charge is 2.32. The van der Waals surface area contributed by atoms with Crippen LogP contribution in [0.25, 0.3) is 11.1 Å². The van der Waals surface area contributed by atoms with Crippen molar-refractivity contribution in [3.63, 3.8) is 0 Å². The number of nitrogens with one attached hydrogen (secondary N) is 2. The molecule has 3 aromatic carbocycles. The molecule has 4 aromatic rings. The van der Waals surface area contributed by atoms with Gasteiger partial charge in [-0.1, -0.05) is 78.9 Å². The first-order chi connectivity index (χ1) is 23.4. The van der Waals surface area contributed by atoms with Gasteiger partial charge in [-0.25, -0.2) is 5.48 Å². The minimum absolute atomic E-state index is 0.00537. The van der Waals surface area contributed by atoms with Gasteiger partial charge in [0.15, 0.2) is 6.29 Å². The minimum Gasteiger partial charge on any atom is -0.392 e. The van der Waals surface area contributed by atoms with Gasteiger partial charge in [-0.15, -0.1) is 0 Å². The van der Waals surface area contributed by atoms with E-state index in [1.807, 2.05) is 97.2 Å². The molecule has 0 bridgehead atoms. The summed E-state index contributed by atoms with van der Waals surface area (Å²) in [6, 6.07) is 30.0. The number of likely N-dealkylation sites (N-methyl/N-ethyl adjacent to an activating group) is 1. The number of ether oxygens (including phenoxy) is 2. The normalized spacial score (nSPS) is 17.6. The van der Waals surface area contributed by atoms with Crippen molar-refractivity contribution in [2.24, 2.45) is 0 Å². The third kappa shape index (κ3) is 10.0. The van der Waals surface area contributed by atoms with Crippen LogP contribution in [-0.2, 0) is 38.6 Å². The number of hydroxylamine groups is 1. The van der Waals surface area contributed by atoms with Crippen molar-refractivity contribution in [1.82, 2.24) is 20.7 Å². The number of hydrogen-bond acceptors (Lipinski definition) is 8. The Hall–Kier alpha value is -4.45. The van der Waals surface area contributed by atoms with Crippen LogP contribution in [0.3, 0.4) is 0 Å². The third-order valence-electron chi connectivity index (χ3n) is 8.53. The molecular formula is C38H44N4O6. The summed E-state index contributed by atoms with van der Waals surface area (Å²) in [5.74, 6) is -0.665. The highest BCUT2D eigenvalue weighted by molar-refractivity contribution is 5.78. The van der Waals surface area contributed by atoms with E-state index in [1.54, 1.807) is 5.48 Å². The average Bonchev–Trinajstić information content (AvgIpc) is 3.13. The van der Waals surface area contributed by atoms with Crippen molar-refractivity contribution in [3.8, 4) is 11.1 Å². The number of aromatic nitrogens is 1. The summed E-state index contributed by atoms with van der Waals surface area (Å²) < 4.78 is 13.1. The number of pyridine rings is 1. The van der Waals surface area contributed by atoms with Crippen molar-refractivity contribution < 1.29 is 29.4 Å². The summed E-state index contributed by atoms with van der Waals surface area (Å²) in [5, 5.41) is 21.1. The summed E-state index contributed by atoms with van der Waals surface area (Å²) in [7, 11) is 2.10. The summed E-state index contributed by atoms with van der Waals surface area (Å²) in [4.78, 5) is 30.3. The fourth-order valence-corrected chi connectivity index (χ4v) is 5.85. The molecule has 0 saturated carbocycles. The highest BCUT2D eigenvalue weighted by atomic mass is 16.7. The SMILES string of the molecule is CN(CCc1ccccn1)C[C@H]1C[C@@H](c2ccc(CO)cc2)O[C@@H](c2ccc(-c3ccccc3CNC(=O)CCCC(=O)NO)cc2)O1. The van der Waals surface area contributed by atoms with Crippen molar-refractivity contribution >= 4 is 11.8 Å². The van der Waals surface area contributed by atoms with E-state index in [1.165, 1.54) is 0 Å². The Bertz CT molecular complexity index is 1600. The first-order valence-electron chi connectivity index (χ1n) is 16.4. The van der Waals surface area contributed by atoms with Gasteiger partial charge >= 0.3 is 0 Å². The number of carbonyl (C=O) groups excluding carboxylic acids is 2. The molecule has 5 rings (SSSR count). The summed E-state index contributed by atoms with van der Waals surface area (Å²) >= 11 is 0. The van der Waals surface area contributed by atoms with Crippen LogP contribution in [0.1, 0.15) is 66.0 Å². The highest BCUT2D eigenvalue weighted by Crippen LogP contribution is 2.38.